The van der Waals surface area contributed by atoms with Gasteiger partial charge in [0.05, 0.1) is 0 Å². The second-order valence-corrected chi connectivity index (χ2v) is 4.08. The minimum absolute atomic E-state index is 0.108. The summed E-state index contributed by atoms with van der Waals surface area (Å²) in [5, 5.41) is 0. The molecule has 3 atom stereocenters. The fraction of sp³-hybridized carbons (Fsp3) is 0.700. The summed E-state index contributed by atoms with van der Waals surface area (Å²) in [7, 11) is 0. The van der Waals surface area contributed by atoms with E-state index in [9.17, 15) is 4.79 Å². The van der Waals surface area contributed by atoms with Crippen LogP contribution in [0.4, 0.5) is 0 Å². The first kappa shape index (κ1) is 7.84. The van der Waals surface area contributed by atoms with Crippen LogP contribution in [0.1, 0.15) is 13.3 Å². The molecule has 2 rings (SSSR count). The van der Waals surface area contributed by atoms with Crippen molar-refractivity contribution in [2.45, 2.75) is 13.3 Å². The van der Waals surface area contributed by atoms with Gasteiger partial charge in [0, 0.05) is 13.1 Å². The normalized spacial score (nSPS) is 38.8. The summed E-state index contributed by atoms with van der Waals surface area (Å²) in [6.45, 7) is 7.73. The molecule has 1 heterocycles. The van der Waals surface area contributed by atoms with Crippen LogP contribution in [0.15, 0.2) is 12.7 Å². The number of amides is 1. The topological polar surface area (TPSA) is 20.3 Å². The van der Waals surface area contributed by atoms with Crippen LogP contribution in [0.2, 0.25) is 0 Å². The molecule has 66 valence electrons. The van der Waals surface area contributed by atoms with Gasteiger partial charge in [0.15, 0.2) is 0 Å². The predicted molar refractivity (Wildman–Crippen MR) is 47.5 cm³/mol. The van der Waals surface area contributed by atoms with E-state index in [1.165, 1.54) is 12.5 Å². The number of hydrogen-bond donors (Lipinski definition) is 0. The maximum Gasteiger partial charge on any atom is 0.245 e. The van der Waals surface area contributed by atoms with E-state index in [-0.39, 0.29) is 5.91 Å². The van der Waals surface area contributed by atoms with Gasteiger partial charge in [-0.2, -0.15) is 0 Å². The maximum atomic E-state index is 11.2. The van der Waals surface area contributed by atoms with Gasteiger partial charge in [0.2, 0.25) is 5.91 Å². The van der Waals surface area contributed by atoms with Crippen molar-refractivity contribution in [3.05, 3.63) is 12.7 Å². The molecule has 2 fully saturated rings. The first-order valence-corrected chi connectivity index (χ1v) is 4.63. The van der Waals surface area contributed by atoms with Gasteiger partial charge in [0.1, 0.15) is 0 Å². The number of hydrogen-bond acceptors (Lipinski definition) is 1. The molecular formula is C10H15NO. The summed E-state index contributed by atoms with van der Waals surface area (Å²) in [6.07, 6.45) is 2.74. The highest BCUT2D eigenvalue weighted by molar-refractivity contribution is 5.87. The zero-order valence-corrected chi connectivity index (χ0v) is 7.49. The van der Waals surface area contributed by atoms with E-state index in [0.717, 1.165) is 30.8 Å². The van der Waals surface area contributed by atoms with Gasteiger partial charge in [-0.15, -0.1) is 0 Å². The molecule has 0 bridgehead atoms. The molecule has 0 aromatic rings. The van der Waals surface area contributed by atoms with Crippen molar-refractivity contribution in [2.24, 2.45) is 17.8 Å². The summed E-state index contributed by atoms with van der Waals surface area (Å²) >= 11 is 0. The number of fused-ring (bicyclic) bond motifs is 1. The Balaban J connectivity index is 1.98. The molecule has 1 saturated heterocycles. The fourth-order valence-electron chi connectivity index (χ4n) is 2.56. The third kappa shape index (κ3) is 0.977. The Kier molecular flexibility index (Phi) is 1.71. The van der Waals surface area contributed by atoms with E-state index < -0.39 is 0 Å². The van der Waals surface area contributed by atoms with Crippen molar-refractivity contribution < 1.29 is 4.79 Å². The van der Waals surface area contributed by atoms with E-state index >= 15 is 0 Å². The van der Waals surface area contributed by atoms with Crippen LogP contribution in [0.5, 0.6) is 0 Å². The molecule has 1 amide bonds. The molecule has 0 unspecified atom stereocenters. The van der Waals surface area contributed by atoms with Gasteiger partial charge >= 0.3 is 0 Å². The molecule has 2 aliphatic rings. The Morgan fingerprint density at radius 2 is 2.33 bits per heavy atom. The van der Waals surface area contributed by atoms with Crippen molar-refractivity contribution in [3.8, 4) is 0 Å². The van der Waals surface area contributed by atoms with Crippen LogP contribution in [-0.2, 0) is 4.79 Å². The van der Waals surface area contributed by atoms with Crippen molar-refractivity contribution in [1.82, 2.24) is 4.90 Å². The molecule has 0 N–H and O–H groups in total. The largest absolute Gasteiger partial charge is 0.339 e. The van der Waals surface area contributed by atoms with Crippen LogP contribution < -0.4 is 0 Å². The lowest BCUT2D eigenvalue weighted by Gasteiger charge is -2.36. The lowest BCUT2D eigenvalue weighted by molar-refractivity contribution is -0.125. The van der Waals surface area contributed by atoms with Crippen LogP contribution >= 0.6 is 0 Å². The van der Waals surface area contributed by atoms with Gasteiger partial charge < -0.3 is 4.90 Å². The highest BCUT2D eigenvalue weighted by Crippen LogP contribution is 2.45. The number of carbonyl (C=O) groups is 1. The van der Waals surface area contributed by atoms with E-state index in [4.69, 9.17) is 0 Å². The summed E-state index contributed by atoms with van der Waals surface area (Å²) in [5.41, 5.74) is 0. The highest BCUT2D eigenvalue weighted by atomic mass is 16.2. The monoisotopic (exact) mass is 165 g/mol. The minimum Gasteiger partial charge on any atom is -0.339 e. The van der Waals surface area contributed by atoms with Crippen molar-refractivity contribution in [2.75, 3.05) is 13.1 Å². The molecule has 2 nitrogen and oxygen atoms in total. The lowest BCUT2D eigenvalue weighted by atomic mass is 9.68. The molecule has 1 saturated carbocycles. The molecule has 0 spiro atoms. The average Bonchev–Trinajstić information content (AvgIpc) is 2.41. The SMILES string of the molecule is C=CC(=O)N1C[C@@H]2C[C@H](C)[C@@H]2C1. The average molecular weight is 165 g/mol. The molecule has 1 aliphatic carbocycles. The van der Waals surface area contributed by atoms with Gasteiger partial charge in [-0.05, 0) is 30.3 Å². The first-order valence-electron chi connectivity index (χ1n) is 4.63. The summed E-state index contributed by atoms with van der Waals surface area (Å²) < 4.78 is 0. The quantitative estimate of drug-likeness (QED) is 0.536. The van der Waals surface area contributed by atoms with Crippen LogP contribution in [0.25, 0.3) is 0 Å². The Morgan fingerprint density at radius 1 is 1.58 bits per heavy atom. The Labute approximate surface area is 73.2 Å². The molecule has 0 radical (unpaired) electrons. The van der Waals surface area contributed by atoms with E-state index in [1.54, 1.807) is 0 Å². The number of rotatable bonds is 1. The standard InChI is InChI=1S/C10H15NO/c1-3-10(12)11-5-8-4-7(2)9(8)6-11/h3,7-9H,1,4-6H2,2H3/t7-,8-,9-/m0/s1. The van der Waals surface area contributed by atoms with Gasteiger partial charge in [-0.3, -0.25) is 4.79 Å². The summed E-state index contributed by atoms with van der Waals surface area (Å²) in [6, 6.07) is 0. The predicted octanol–water partition coefficient (Wildman–Crippen LogP) is 1.29. The number of carbonyl (C=O) groups excluding carboxylic acids is 1. The Morgan fingerprint density at radius 3 is 2.83 bits per heavy atom. The smallest absolute Gasteiger partial charge is 0.245 e. The first-order chi connectivity index (χ1) is 5.72. The van der Waals surface area contributed by atoms with Crippen molar-refractivity contribution >= 4 is 5.91 Å². The number of likely N-dealkylation sites (tertiary alicyclic amines) is 1. The molecule has 2 heteroatoms. The molecule has 0 aromatic carbocycles. The third-order valence-corrected chi connectivity index (χ3v) is 3.38. The van der Waals surface area contributed by atoms with E-state index in [0.29, 0.717) is 0 Å². The molecule has 12 heavy (non-hydrogen) atoms. The van der Waals surface area contributed by atoms with Gasteiger partial charge in [-0.1, -0.05) is 13.5 Å². The zero-order valence-electron chi connectivity index (χ0n) is 7.49. The summed E-state index contributed by atoms with van der Waals surface area (Å²) in [5.74, 6) is 2.52. The molecule has 1 aliphatic heterocycles. The maximum absolute atomic E-state index is 11.2. The Hall–Kier alpha value is -0.790. The molecular weight excluding hydrogens is 150 g/mol. The lowest BCUT2D eigenvalue weighted by Crippen LogP contribution is -2.33. The van der Waals surface area contributed by atoms with E-state index in [1.807, 2.05) is 4.90 Å². The van der Waals surface area contributed by atoms with Crippen molar-refractivity contribution in [3.63, 3.8) is 0 Å². The van der Waals surface area contributed by atoms with Crippen molar-refractivity contribution in [1.29, 1.82) is 0 Å². The fourth-order valence-corrected chi connectivity index (χ4v) is 2.56. The molecule has 0 aromatic heterocycles. The van der Waals surface area contributed by atoms with Crippen LogP contribution in [-0.4, -0.2) is 23.9 Å². The highest BCUT2D eigenvalue weighted by Gasteiger charge is 2.45. The van der Waals surface area contributed by atoms with E-state index in [2.05, 4.69) is 13.5 Å². The van der Waals surface area contributed by atoms with Crippen LogP contribution in [0.3, 0.4) is 0 Å². The number of nitrogens with zero attached hydrogens (tertiary/aromatic N) is 1. The van der Waals surface area contributed by atoms with Gasteiger partial charge in [-0.25, -0.2) is 0 Å². The minimum atomic E-state index is 0.108. The Bertz CT molecular complexity index is 224. The van der Waals surface area contributed by atoms with Crippen LogP contribution in [0, 0.1) is 17.8 Å². The second-order valence-electron chi connectivity index (χ2n) is 4.08. The third-order valence-electron chi connectivity index (χ3n) is 3.38. The summed E-state index contributed by atoms with van der Waals surface area (Å²) in [4.78, 5) is 13.2. The second kappa shape index (κ2) is 2.61. The van der Waals surface area contributed by atoms with Gasteiger partial charge in [0.25, 0.3) is 0 Å². The zero-order chi connectivity index (χ0) is 8.72.